The lowest BCUT2D eigenvalue weighted by atomic mass is 9.97. The molecule has 0 fully saturated rings. The Bertz CT molecular complexity index is 1320. The maximum Gasteiger partial charge on any atom is 0.135 e. The van der Waals surface area contributed by atoms with Crippen molar-refractivity contribution in [2.24, 2.45) is 0 Å². The number of pyridine rings is 3. The Morgan fingerprint density at radius 2 is 1.65 bits per heavy atom. The summed E-state index contributed by atoms with van der Waals surface area (Å²) in [5.41, 5.74) is 10.8. The number of anilines is 2. The van der Waals surface area contributed by atoms with E-state index in [1.807, 2.05) is 30.3 Å². The van der Waals surface area contributed by atoms with Crippen LogP contribution < -0.4 is 11.1 Å². The molecule has 0 radical (unpaired) electrons. The number of hydrogen-bond acceptors (Lipinski definition) is 5. The Labute approximate surface area is 180 Å². The Balaban J connectivity index is 1.67. The quantitative estimate of drug-likeness (QED) is 0.402. The lowest BCUT2D eigenvalue weighted by molar-refractivity contribution is 1.03. The van der Waals surface area contributed by atoms with Crippen molar-refractivity contribution >= 4 is 22.4 Å². The van der Waals surface area contributed by atoms with Gasteiger partial charge in [-0.05, 0) is 46.8 Å². The van der Waals surface area contributed by atoms with Crippen molar-refractivity contribution in [3.63, 3.8) is 0 Å². The maximum atomic E-state index is 5.77. The Kier molecular flexibility index (Phi) is 4.99. The number of benzene rings is 2. The Morgan fingerprint density at radius 3 is 2.42 bits per heavy atom. The summed E-state index contributed by atoms with van der Waals surface area (Å²) in [6.07, 6.45) is 3.56. The molecule has 0 unspecified atom stereocenters. The van der Waals surface area contributed by atoms with Gasteiger partial charge in [-0.1, -0.05) is 54.6 Å². The topological polar surface area (TPSA) is 76.7 Å². The van der Waals surface area contributed by atoms with E-state index in [2.05, 4.69) is 63.8 Å². The monoisotopic (exact) mass is 403 g/mol. The third-order valence-corrected chi connectivity index (χ3v) is 5.19. The second-order valence-corrected chi connectivity index (χ2v) is 7.27. The molecule has 0 aliphatic carbocycles. The van der Waals surface area contributed by atoms with Crippen molar-refractivity contribution in [2.45, 2.75) is 6.54 Å². The number of nitrogen functional groups attached to an aromatic ring is 1. The average molecular weight is 403 g/mol. The third-order valence-electron chi connectivity index (χ3n) is 5.19. The van der Waals surface area contributed by atoms with E-state index in [-0.39, 0.29) is 0 Å². The van der Waals surface area contributed by atoms with Crippen LogP contribution in [0.2, 0.25) is 0 Å². The van der Waals surface area contributed by atoms with Crippen molar-refractivity contribution in [3.8, 4) is 22.4 Å². The fraction of sp³-hybridized carbons (Fsp3) is 0.0385. The Hall–Kier alpha value is -4.25. The molecule has 5 heteroatoms. The minimum atomic E-state index is 0.490. The highest BCUT2D eigenvalue weighted by atomic mass is 15.0. The lowest BCUT2D eigenvalue weighted by Crippen LogP contribution is -2.05. The summed E-state index contributed by atoms with van der Waals surface area (Å²) in [7, 11) is 0. The molecule has 0 amide bonds. The molecular weight excluding hydrogens is 382 g/mol. The SMILES string of the molecule is Nc1ccc(-c2cc3cccc(-c4ccccc4)c3c(NCc3ccccn3)n2)cn1. The zero-order valence-corrected chi connectivity index (χ0v) is 16.9. The summed E-state index contributed by atoms with van der Waals surface area (Å²) in [6.45, 7) is 0.579. The van der Waals surface area contributed by atoms with E-state index in [0.29, 0.717) is 12.4 Å². The molecule has 3 aromatic heterocycles. The van der Waals surface area contributed by atoms with Crippen molar-refractivity contribution in [2.75, 3.05) is 11.1 Å². The number of nitrogens with one attached hydrogen (secondary N) is 1. The van der Waals surface area contributed by atoms with Gasteiger partial charge in [0.2, 0.25) is 0 Å². The van der Waals surface area contributed by atoms with E-state index < -0.39 is 0 Å². The van der Waals surface area contributed by atoms with Crippen molar-refractivity contribution in [1.82, 2.24) is 15.0 Å². The first kappa shape index (κ1) is 18.8. The molecule has 150 valence electrons. The van der Waals surface area contributed by atoms with Gasteiger partial charge in [0.15, 0.2) is 0 Å². The van der Waals surface area contributed by atoms with Crippen LogP contribution in [0.4, 0.5) is 11.6 Å². The highest BCUT2D eigenvalue weighted by Gasteiger charge is 2.13. The predicted octanol–water partition coefficient (Wildman–Crippen LogP) is 5.55. The molecule has 0 aliphatic heterocycles. The van der Waals surface area contributed by atoms with Gasteiger partial charge in [-0.2, -0.15) is 0 Å². The van der Waals surface area contributed by atoms with Gasteiger partial charge in [-0.3, -0.25) is 4.98 Å². The zero-order valence-electron chi connectivity index (χ0n) is 16.9. The van der Waals surface area contributed by atoms with Gasteiger partial charge in [-0.25, -0.2) is 9.97 Å². The van der Waals surface area contributed by atoms with E-state index in [9.17, 15) is 0 Å². The molecule has 0 spiro atoms. The first-order valence-electron chi connectivity index (χ1n) is 10.1. The van der Waals surface area contributed by atoms with E-state index in [4.69, 9.17) is 10.7 Å². The molecule has 5 aromatic rings. The number of hydrogen-bond donors (Lipinski definition) is 2. The minimum Gasteiger partial charge on any atom is -0.384 e. The van der Waals surface area contributed by atoms with Crippen molar-refractivity contribution < 1.29 is 0 Å². The predicted molar refractivity (Wildman–Crippen MR) is 126 cm³/mol. The van der Waals surface area contributed by atoms with Crippen LogP contribution in [-0.2, 0) is 6.54 Å². The van der Waals surface area contributed by atoms with Crippen LogP contribution in [0.15, 0.2) is 97.3 Å². The summed E-state index contributed by atoms with van der Waals surface area (Å²) in [6, 6.07) is 28.4. The first-order valence-corrected chi connectivity index (χ1v) is 10.1. The van der Waals surface area contributed by atoms with Gasteiger partial charge in [-0.15, -0.1) is 0 Å². The molecule has 3 heterocycles. The summed E-state index contributed by atoms with van der Waals surface area (Å²) >= 11 is 0. The zero-order chi connectivity index (χ0) is 21.0. The van der Waals surface area contributed by atoms with Crippen LogP contribution in [-0.4, -0.2) is 15.0 Å². The Morgan fingerprint density at radius 1 is 0.774 bits per heavy atom. The molecule has 31 heavy (non-hydrogen) atoms. The number of nitrogens with two attached hydrogens (primary N) is 1. The first-order chi connectivity index (χ1) is 15.3. The highest BCUT2D eigenvalue weighted by molar-refractivity contribution is 6.04. The molecule has 0 atom stereocenters. The van der Waals surface area contributed by atoms with Gasteiger partial charge < -0.3 is 11.1 Å². The lowest BCUT2D eigenvalue weighted by Gasteiger charge is -2.15. The normalized spacial score (nSPS) is 10.8. The minimum absolute atomic E-state index is 0.490. The van der Waals surface area contributed by atoms with Crippen LogP contribution in [0.25, 0.3) is 33.2 Å². The van der Waals surface area contributed by atoms with Crippen LogP contribution in [0.1, 0.15) is 5.69 Å². The molecule has 3 N–H and O–H groups in total. The second kappa shape index (κ2) is 8.24. The van der Waals surface area contributed by atoms with Gasteiger partial charge in [0.25, 0.3) is 0 Å². The number of fused-ring (bicyclic) bond motifs is 1. The van der Waals surface area contributed by atoms with E-state index in [1.54, 1.807) is 18.5 Å². The largest absolute Gasteiger partial charge is 0.384 e. The molecule has 5 nitrogen and oxygen atoms in total. The summed E-state index contributed by atoms with van der Waals surface area (Å²) in [5.74, 6) is 1.30. The third kappa shape index (κ3) is 3.94. The highest BCUT2D eigenvalue weighted by Crippen LogP contribution is 2.35. The molecule has 0 saturated carbocycles. The summed E-state index contributed by atoms with van der Waals surface area (Å²) < 4.78 is 0. The summed E-state index contributed by atoms with van der Waals surface area (Å²) in [4.78, 5) is 13.6. The fourth-order valence-electron chi connectivity index (χ4n) is 3.68. The van der Waals surface area contributed by atoms with Gasteiger partial charge >= 0.3 is 0 Å². The molecular formula is C26H21N5. The van der Waals surface area contributed by atoms with E-state index in [1.165, 1.54) is 0 Å². The molecule has 0 bridgehead atoms. The van der Waals surface area contributed by atoms with Gasteiger partial charge in [0.05, 0.1) is 17.9 Å². The smallest absolute Gasteiger partial charge is 0.135 e. The molecule has 2 aromatic carbocycles. The van der Waals surface area contributed by atoms with E-state index >= 15 is 0 Å². The number of nitrogens with zero attached hydrogens (tertiary/aromatic N) is 3. The average Bonchev–Trinajstić information content (AvgIpc) is 2.83. The van der Waals surface area contributed by atoms with Crippen LogP contribution >= 0.6 is 0 Å². The van der Waals surface area contributed by atoms with Crippen molar-refractivity contribution in [1.29, 1.82) is 0 Å². The molecule has 5 rings (SSSR count). The maximum absolute atomic E-state index is 5.77. The van der Waals surface area contributed by atoms with Gasteiger partial charge in [0.1, 0.15) is 11.6 Å². The standard InChI is InChI=1S/C26H21N5/c27-24-13-12-20(16-29-24)23-15-19-9-6-11-22(18-7-2-1-3-8-18)25(19)26(31-23)30-17-21-10-4-5-14-28-21/h1-16H,17H2,(H2,27,29)(H,30,31). The second-order valence-electron chi connectivity index (χ2n) is 7.27. The van der Waals surface area contributed by atoms with Crippen LogP contribution in [0.5, 0.6) is 0 Å². The fourth-order valence-corrected chi connectivity index (χ4v) is 3.68. The van der Waals surface area contributed by atoms with Crippen LogP contribution in [0.3, 0.4) is 0 Å². The van der Waals surface area contributed by atoms with E-state index in [0.717, 1.165) is 44.7 Å². The van der Waals surface area contributed by atoms with Gasteiger partial charge in [0, 0.05) is 23.3 Å². The van der Waals surface area contributed by atoms with Crippen molar-refractivity contribution in [3.05, 3.63) is 103 Å². The molecule has 0 saturated heterocycles. The number of aromatic nitrogens is 3. The molecule has 0 aliphatic rings. The van der Waals surface area contributed by atoms with Crippen LogP contribution in [0, 0.1) is 0 Å². The summed E-state index contributed by atoms with van der Waals surface area (Å²) in [5, 5.41) is 5.70. The number of rotatable bonds is 5.